The zero-order valence-electron chi connectivity index (χ0n) is 13.9. The lowest BCUT2D eigenvalue weighted by molar-refractivity contribution is 0.125. The molecule has 0 radical (unpaired) electrons. The van der Waals surface area contributed by atoms with Crippen molar-refractivity contribution < 1.29 is 9.84 Å². The Morgan fingerprint density at radius 1 is 1.12 bits per heavy atom. The van der Waals surface area contributed by atoms with Crippen LogP contribution in [0.15, 0.2) is 64.5 Å². The molecule has 0 bridgehead atoms. The zero-order chi connectivity index (χ0) is 18.1. The summed E-state index contributed by atoms with van der Waals surface area (Å²) >= 11 is 3.33. The van der Waals surface area contributed by atoms with Gasteiger partial charge in [0.1, 0.15) is 16.1 Å². The molecule has 130 valence electrons. The van der Waals surface area contributed by atoms with Crippen molar-refractivity contribution in [2.24, 2.45) is 4.99 Å². The predicted octanol–water partition coefficient (Wildman–Crippen LogP) is 3.82. The third kappa shape index (κ3) is 3.31. The lowest BCUT2D eigenvalue weighted by Crippen LogP contribution is -2.33. The van der Waals surface area contributed by atoms with Gasteiger partial charge in [0.2, 0.25) is 0 Å². The third-order valence-corrected chi connectivity index (χ3v) is 4.45. The average molecular weight is 411 g/mol. The van der Waals surface area contributed by atoms with Crippen molar-refractivity contribution in [2.45, 2.75) is 6.23 Å². The Morgan fingerprint density at radius 2 is 1.96 bits per heavy atom. The lowest BCUT2D eigenvalue weighted by atomic mass is 10.1. The number of aliphatic hydroxyl groups excluding tert-OH is 1. The summed E-state index contributed by atoms with van der Waals surface area (Å²) in [7, 11) is 1.77. The summed E-state index contributed by atoms with van der Waals surface area (Å²) in [6.45, 7) is 0. The normalized spacial score (nSPS) is 16.7. The van der Waals surface area contributed by atoms with E-state index in [0.29, 0.717) is 27.4 Å². The Labute approximate surface area is 158 Å². The molecular weight excluding hydrogens is 396 g/mol. The van der Waals surface area contributed by atoms with Gasteiger partial charge in [-0.2, -0.15) is 0 Å². The van der Waals surface area contributed by atoms with Crippen LogP contribution in [0.5, 0.6) is 11.5 Å². The molecule has 1 aromatic carbocycles. The first-order valence-electron chi connectivity index (χ1n) is 7.94. The Balaban J connectivity index is 1.64. The van der Waals surface area contributed by atoms with Crippen LogP contribution in [0.3, 0.4) is 0 Å². The van der Waals surface area contributed by atoms with E-state index in [-0.39, 0.29) is 0 Å². The largest absolute Gasteiger partial charge is 0.457 e. The molecule has 0 fully saturated rings. The van der Waals surface area contributed by atoms with Crippen LogP contribution in [-0.2, 0) is 0 Å². The number of hydrogen-bond acceptors (Lipinski definition) is 6. The average Bonchev–Trinajstić information content (AvgIpc) is 2.64. The molecule has 1 unspecified atom stereocenters. The van der Waals surface area contributed by atoms with E-state index in [1.165, 1.54) is 0 Å². The van der Waals surface area contributed by atoms with Gasteiger partial charge in [0.25, 0.3) is 0 Å². The van der Waals surface area contributed by atoms with Crippen molar-refractivity contribution in [3.8, 4) is 11.5 Å². The molecular formula is C19H15BrN4O2. The van der Waals surface area contributed by atoms with Gasteiger partial charge in [-0.25, -0.2) is 15.0 Å². The first-order valence-corrected chi connectivity index (χ1v) is 8.73. The van der Waals surface area contributed by atoms with Crippen LogP contribution in [0.4, 0.5) is 0 Å². The van der Waals surface area contributed by atoms with Crippen LogP contribution in [0.1, 0.15) is 5.69 Å². The zero-order valence-corrected chi connectivity index (χ0v) is 15.5. The van der Waals surface area contributed by atoms with Crippen molar-refractivity contribution in [1.82, 2.24) is 14.9 Å². The molecule has 1 atom stereocenters. The number of aliphatic imine (C=N–C) groups is 1. The lowest BCUT2D eigenvalue weighted by Gasteiger charge is -2.25. The van der Waals surface area contributed by atoms with Crippen molar-refractivity contribution in [2.75, 3.05) is 7.05 Å². The van der Waals surface area contributed by atoms with Gasteiger partial charge in [0.05, 0.1) is 17.5 Å². The molecule has 0 saturated heterocycles. The van der Waals surface area contributed by atoms with Gasteiger partial charge in [0, 0.05) is 36.5 Å². The van der Waals surface area contributed by atoms with Gasteiger partial charge >= 0.3 is 0 Å². The van der Waals surface area contributed by atoms with E-state index in [9.17, 15) is 5.11 Å². The Bertz CT molecular complexity index is 1030. The summed E-state index contributed by atoms with van der Waals surface area (Å²) in [6, 6.07) is 13.1. The highest BCUT2D eigenvalue weighted by Gasteiger charge is 2.20. The van der Waals surface area contributed by atoms with Gasteiger partial charge in [-0.1, -0.05) is 6.07 Å². The Kier molecular flexibility index (Phi) is 4.40. The molecule has 2 aromatic heterocycles. The van der Waals surface area contributed by atoms with Crippen LogP contribution in [-0.4, -0.2) is 39.6 Å². The van der Waals surface area contributed by atoms with Crippen LogP contribution in [0.2, 0.25) is 0 Å². The second kappa shape index (κ2) is 6.86. The molecule has 0 spiro atoms. The number of halogens is 1. The molecule has 1 N–H and O–H groups in total. The van der Waals surface area contributed by atoms with Gasteiger partial charge in [0.15, 0.2) is 6.23 Å². The van der Waals surface area contributed by atoms with Crippen LogP contribution in [0.25, 0.3) is 16.5 Å². The molecule has 4 rings (SSSR count). The minimum absolute atomic E-state index is 0.666. The fourth-order valence-corrected chi connectivity index (χ4v) is 3.02. The Morgan fingerprint density at radius 3 is 2.81 bits per heavy atom. The number of aliphatic hydroxyl groups is 1. The van der Waals surface area contributed by atoms with E-state index >= 15 is 0 Å². The molecule has 6 nitrogen and oxygen atoms in total. The van der Waals surface area contributed by atoms with E-state index in [0.717, 1.165) is 10.9 Å². The van der Waals surface area contributed by atoms with Crippen LogP contribution in [0, 0.1) is 0 Å². The second-order valence-corrected chi connectivity index (χ2v) is 6.67. The summed E-state index contributed by atoms with van der Waals surface area (Å²) in [5.41, 5.74) is 2.18. The third-order valence-electron chi connectivity index (χ3n) is 4.02. The Hall–Kier alpha value is -2.77. The molecule has 3 aromatic rings. The van der Waals surface area contributed by atoms with Gasteiger partial charge in [-0.05, 0) is 46.3 Å². The summed E-state index contributed by atoms with van der Waals surface area (Å²) in [4.78, 5) is 14.5. The number of rotatable bonds is 3. The summed E-state index contributed by atoms with van der Waals surface area (Å²) < 4.78 is 6.59. The second-order valence-electron chi connectivity index (χ2n) is 5.86. The molecule has 3 heterocycles. The molecule has 7 heteroatoms. The molecule has 26 heavy (non-hydrogen) atoms. The minimum atomic E-state index is -0.759. The number of hydrogen-bond donors (Lipinski definition) is 1. The monoisotopic (exact) mass is 410 g/mol. The van der Waals surface area contributed by atoms with E-state index in [4.69, 9.17) is 4.74 Å². The summed E-state index contributed by atoms with van der Waals surface area (Å²) in [5.74, 6) is 1.42. The molecule has 0 aliphatic carbocycles. The fraction of sp³-hybridized carbons (Fsp3) is 0.105. The van der Waals surface area contributed by atoms with Gasteiger partial charge in [-0.3, -0.25) is 0 Å². The van der Waals surface area contributed by atoms with Crippen molar-refractivity contribution in [1.29, 1.82) is 0 Å². The number of pyridine rings is 2. The van der Waals surface area contributed by atoms with E-state index in [2.05, 4.69) is 30.9 Å². The minimum Gasteiger partial charge on any atom is -0.457 e. The first kappa shape index (κ1) is 16.7. The highest BCUT2D eigenvalue weighted by atomic mass is 79.9. The maximum atomic E-state index is 10.3. The van der Waals surface area contributed by atoms with Crippen molar-refractivity contribution in [3.05, 3.63) is 65.2 Å². The van der Waals surface area contributed by atoms with Crippen LogP contribution >= 0.6 is 15.9 Å². The molecule has 1 aliphatic rings. The van der Waals surface area contributed by atoms with Crippen molar-refractivity contribution >= 4 is 38.7 Å². The van der Waals surface area contributed by atoms with Crippen LogP contribution < -0.4 is 4.74 Å². The number of benzene rings is 1. The predicted molar refractivity (Wildman–Crippen MR) is 104 cm³/mol. The number of aromatic nitrogens is 2. The maximum Gasteiger partial charge on any atom is 0.157 e. The number of likely N-dealkylation sites (N-methyl/N-ethyl adjacent to an activating group) is 1. The molecule has 0 amide bonds. The molecule has 0 saturated carbocycles. The topological polar surface area (TPSA) is 70.8 Å². The number of fused-ring (bicyclic) bond motifs is 1. The standard InChI is InChI=1S/C19H15BrN4O2/c1-24-11-21-10-15(19(24)25)17-4-2-12-8-13(3-5-16(12)23-17)26-14-6-7-22-18(20)9-14/h2-11,19,25H,1H3. The fourth-order valence-electron chi connectivity index (χ4n) is 2.68. The SMILES string of the molecule is CN1C=NC=C(c2ccc3cc(Oc4ccnc(Br)c4)ccc3n2)C1O. The molecule has 1 aliphatic heterocycles. The summed E-state index contributed by atoms with van der Waals surface area (Å²) in [6.07, 6.45) is 4.13. The number of nitrogens with zero attached hydrogens (tertiary/aromatic N) is 4. The van der Waals surface area contributed by atoms with E-state index in [1.807, 2.05) is 30.3 Å². The smallest absolute Gasteiger partial charge is 0.157 e. The van der Waals surface area contributed by atoms with Gasteiger partial charge in [-0.15, -0.1) is 0 Å². The summed E-state index contributed by atoms with van der Waals surface area (Å²) in [5, 5.41) is 11.2. The van der Waals surface area contributed by atoms with E-state index in [1.54, 1.807) is 42.8 Å². The maximum absolute atomic E-state index is 10.3. The highest BCUT2D eigenvalue weighted by Crippen LogP contribution is 2.28. The van der Waals surface area contributed by atoms with Gasteiger partial charge < -0.3 is 14.7 Å². The highest BCUT2D eigenvalue weighted by molar-refractivity contribution is 9.10. The first-order chi connectivity index (χ1) is 12.6. The van der Waals surface area contributed by atoms with E-state index < -0.39 is 6.23 Å². The van der Waals surface area contributed by atoms with Crippen molar-refractivity contribution in [3.63, 3.8) is 0 Å². The number of ether oxygens (including phenoxy) is 1. The quantitative estimate of drug-likeness (QED) is 0.664.